The third-order valence-electron chi connectivity index (χ3n) is 3.09. The Balaban J connectivity index is 2.04. The summed E-state index contributed by atoms with van der Waals surface area (Å²) >= 11 is 6.11. The molecule has 2 heterocycles. The molecule has 1 aliphatic rings. The van der Waals surface area contributed by atoms with Gasteiger partial charge in [0.2, 0.25) is 5.95 Å². The predicted octanol–water partition coefficient (Wildman–Crippen LogP) is 1.28. The number of hydrazine groups is 1. The summed E-state index contributed by atoms with van der Waals surface area (Å²) in [5, 5.41) is 0.531. The fourth-order valence-corrected chi connectivity index (χ4v) is 2.33. The van der Waals surface area contributed by atoms with E-state index in [1.807, 2.05) is 11.9 Å². The van der Waals surface area contributed by atoms with Gasteiger partial charge in [-0.1, -0.05) is 11.6 Å². The van der Waals surface area contributed by atoms with Crippen LogP contribution in [-0.2, 0) is 4.74 Å². The zero-order chi connectivity index (χ0) is 13.0. The minimum atomic E-state index is 0.369. The van der Waals surface area contributed by atoms with Crippen LogP contribution in [0.2, 0.25) is 5.02 Å². The van der Waals surface area contributed by atoms with E-state index in [4.69, 9.17) is 22.2 Å². The normalized spacial score (nSPS) is 16.6. The van der Waals surface area contributed by atoms with Crippen LogP contribution in [0.25, 0.3) is 0 Å². The van der Waals surface area contributed by atoms with Crippen LogP contribution in [0.1, 0.15) is 12.8 Å². The average Bonchev–Trinajstić information content (AvgIpc) is 2.40. The number of rotatable bonds is 4. The molecule has 0 radical (unpaired) electrons. The van der Waals surface area contributed by atoms with Crippen LogP contribution in [-0.4, -0.2) is 36.8 Å². The van der Waals surface area contributed by atoms with Gasteiger partial charge in [0.1, 0.15) is 5.02 Å². The molecule has 18 heavy (non-hydrogen) atoms. The molecule has 0 saturated carbocycles. The minimum absolute atomic E-state index is 0.369. The molecule has 1 fully saturated rings. The van der Waals surface area contributed by atoms with Crippen molar-refractivity contribution in [3.05, 3.63) is 11.2 Å². The van der Waals surface area contributed by atoms with Crippen molar-refractivity contribution in [2.75, 3.05) is 37.1 Å². The number of nitrogen functional groups attached to an aromatic ring is 1. The first-order chi connectivity index (χ1) is 8.70. The largest absolute Gasteiger partial charge is 0.381 e. The van der Waals surface area contributed by atoms with Gasteiger partial charge in [0.15, 0.2) is 5.82 Å². The van der Waals surface area contributed by atoms with E-state index < -0.39 is 0 Å². The second kappa shape index (κ2) is 6.17. The Morgan fingerprint density at radius 3 is 2.94 bits per heavy atom. The van der Waals surface area contributed by atoms with Gasteiger partial charge in [-0.05, 0) is 18.8 Å². The number of hydrogen-bond donors (Lipinski definition) is 2. The Hall–Kier alpha value is -1.11. The summed E-state index contributed by atoms with van der Waals surface area (Å²) in [5.41, 5.74) is 2.43. The van der Waals surface area contributed by atoms with Crippen molar-refractivity contribution in [3.8, 4) is 0 Å². The minimum Gasteiger partial charge on any atom is -0.381 e. The molecule has 3 N–H and O–H groups in total. The number of halogens is 1. The van der Waals surface area contributed by atoms with E-state index in [9.17, 15) is 0 Å². The standard InChI is InChI=1S/C11H18ClN5O/c1-17(7-8-2-4-18-5-3-8)10-9(12)6-14-11(15-10)16-13/h6,8H,2-5,7,13H2,1H3,(H,14,15,16). The fourth-order valence-electron chi connectivity index (χ4n) is 2.10. The Kier molecular flexibility index (Phi) is 4.57. The molecule has 0 unspecified atom stereocenters. The number of ether oxygens (including phenoxy) is 1. The van der Waals surface area contributed by atoms with Gasteiger partial charge in [-0.15, -0.1) is 0 Å². The molecular formula is C11H18ClN5O. The van der Waals surface area contributed by atoms with Crippen molar-refractivity contribution < 1.29 is 4.74 Å². The highest BCUT2D eigenvalue weighted by atomic mass is 35.5. The maximum atomic E-state index is 6.11. The molecule has 6 nitrogen and oxygen atoms in total. The third-order valence-corrected chi connectivity index (χ3v) is 3.36. The lowest BCUT2D eigenvalue weighted by Crippen LogP contribution is -2.30. The Bertz CT molecular complexity index is 397. The highest BCUT2D eigenvalue weighted by Crippen LogP contribution is 2.25. The summed E-state index contributed by atoms with van der Waals surface area (Å²) in [6, 6.07) is 0. The predicted molar refractivity (Wildman–Crippen MR) is 71.7 cm³/mol. The second-order valence-corrected chi connectivity index (χ2v) is 4.85. The smallest absolute Gasteiger partial charge is 0.239 e. The molecule has 1 aromatic rings. The third kappa shape index (κ3) is 3.22. The maximum Gasteiger partial charge on any atom is 0.239 e. The zero-order valence-corrected chi connectivity index (χ0v) is 11.2. The van der Waals surface area contributed by atoms with Gasteiger partial charge in [0, 0.05) is 26.8 Å². The van der Waals surface area contributed by atoms with E-state index in [0.29, 0.717) is 22.7 Å². The van der Waals surface area contributed by atoms with Crippen molar-refractivity contribution in [1.29, 1.82) is 0 Å². The van der Waals surface area contributed by atoms with Crippen LogP contribution in [0, 0.1) is 5.92 Å². The first-order valence-corrected chi connectivity index (χ1v) is 6.36. The maximum absolute atomic E-state index is 6.11. The van der Waals surface area contributed by atoms with Crippen molar-refractivity contribution in [3.63, 3.8) is 0 Å². The van der Waals surface area contributed by atoms with Crippen LogP contribution >= 0.6 is 11.6 Å². The van der Waals surface area contributed by atoms with Crippen LogP contribution in [0.4, 0.5) is 11.8 Å². The summed E-state index contributed by atoms with van der Waals surface area (Å²) in [4.78, 5) is 10.3. The summed E-state index contributed by atoms with van der Waals surface area (Å²) in [6.45, 7) is 2.58. The molecular weight excluding hydrogens is 254 g/mol. The number of nitrogens with zero attached hydrogens (tertiary/aromatic N) is 3. The van der Waals surface area contributed by atoms with Crippen molar-refractivity contribution in [2.45, 2.75) is 12.8 Å². The van der Waals surface area contributed by atoms with E-state index in [-0.39, 0.29) is 0 Å². The van der Waals surface area contributed by atoms with Crippen LogP contribution in [0.15, 0.2) is 6.20 Å². The Morgan fingerprint density at radius 1 is 1.56 bits per heavy atom. The van der Waals surface area contributed by atoms with E-state index in [0.717, 1.165) is 32.6 Å². The number of nitrogens with two attached hydrogens (primary N) is 1. The van der Waals surface area contributed by atoms with Gasteiger partial charge in [0.05, 0.1) is 6.20 Å². The van der Waals surface area contributed by atoms with Crippen LogP contribution in [0.5, 0.6) is 0 Å². The molecule has 0 aromatic carbocycles. The molecule has 0 amide bonds. The van der Waals surface area contributed by atoms with Crippen LogP contribution < -0.4 is 16.2 Å². The molecule has 0 atom stereocenters. The topological polar surface area (TPSA) is 76.3 Å². The summed E-state index contributed by atoms with van der Waals surface area (Å²) < 4.78 is 5.35. The Morgan fingerprint density at radius 2 is 2.28 bits per heavy atom. The van der Waals surface area contributed by atoms with Crippen LogP contribution in [0.3, 0.4) is 0 Å². The lowest BCUT2D eigenvalue weighted by Gasteiger charge is -2.28. The van der Waals surface area contributed by atoms with Gasteiger partial charge < -0.3 is 9.64 Å². The molecule has 7 heteroatoms. The van der Waals surface area contributed by atoms with Crippen molar-refractivity contribution in [1.82, 2.24) is 9.97 Å². The summed E-state index contributed by atoms with van der Waals surface area (Å²) in [6.07, 6.45) is 3.71. The lowest BCUT2D eigenvalue weighted by atomic mass is 10.00. The molecule has 100 valence electrons. The van der Waals surface area contributed by atoms with Crippen molar-refractivity contribution in [2.24, 2.45) is 11.8 Å². The zero-order valence-electron chi connectivity index (χ0n) is 10.4. The summed E-state index contributed by atoms with van der Waals surface area (Å²) in [7, 11) is 1.98. The molecule has 1 aromatic heterocycles. The highest BCUT2D eigenvalue weighted by Gasteiger charge is 2.18. The van der Waals surface area contributed by atoms with E-state index in [1.54, 1.807) is 6.20 Å². The van der Waals surface area contributed by atoms with Gasteiger partial charge in [0.25, 0.3) is 0 Å². The molecule has 0 aliphatic carbocycles. The first kappa shape index (κ1) is 13.3. The number of hydrogen-bond acceptors (Lipinski definition) is 6. The molecule has 1 saturated heterocycles. The number of anilines is 2. The SMILES string of the molecule is CN(CC1CCOCC1)c1nc(NN)ncc1Cl. The highest BCUT2D eigenvalue weighted by molar-refractivity contribution is 6.32. The van der Waals surface area contributed by atoms with Gasteiger partial charge in [-0.2, -0.15) is 4.98 Å². The molecule has 1 aliphatic heterocycles. The van der Waals surface area contributed by atoms with Gasteiger partial charge in [-0.25, -0.2) is 10.8 Å². The Labute approximate surface area is 111 Å². The lowest BCUT2D eigenvalue weighted by molar-refractivity contribution is 0.0685. The molecule has 0 bridgehead atoms. The first-order valence-electron chi connectivity index (χ1n) is 5.98. The molecule has 0 spiro atoms. The summed E-state index contributed by atoms with van der Waals surface area (Å²) in [5.74, 6) is 6.98. The number of nitrogens with one attached hydrogen (secondary N) is 1. The molecule has 2 rings (SSSR count). The average molecular weight is 272 g/mol. The van der Waals surface area contributed by atoms with Gasteiger partial charge in [-0.3, -0.25) is 5.43 Å². The van der Waals surface area contributed by atoms with E-state index >= 15 is 0 Å². The monoisotopic (exact) mass is 271 g/mol. The van der Waals surface area contributed by atoms with Gasteiger partial charge >= 0.3 is 0 Å². The second-order valence-electron chi connectivity index (χ2n) is 4.45. The van der Waals surface area contributed by atoms with E-state index in [1.165, 1.54) is 0 Å². The van der Waals surface area contributed by atoms with E-state index in [2.05, 4.69) is 15.4 Å². The number of aromatic nitrogens is 2. The van der Waals surface area contributed by atoms with Crippen molar-refractivity contribution >= 4 is 23.4 Å². The quantitative estimate of drug-likeness (QED) is 0.635. The fraction of sp³-hybridized carbons (Fsp3) is 0.636.